The van der Waals surface area contributed by atoms with E-state index in [9.17, 15) is 5.11 Å². The Kier molecular flexibility index (Phi) is 5.45. The van der Waals surface area contributed by atoms with Crippen molar-refractivity contribution in [3.8, 4) is 0 Å². The highest BCUT2D eigenvalue weighted by molar-refractivity contribution is 5.94. The van der Waals surface area contributed by atoms with Crippen LogP contribution in [0.4, 0.5) is 5.69 Å². The summed E-state index contributed by atoms with van der Waals surface area (Å²) in [5, 5.41) is 12.0. The topological polar surface area (TPSA) is 23.5 Å². The van der Waals surface area contributed by atoms with Crippen LogP contribution in [0.3, 0.4) is 0 Å². The van der Waals surface area contributed by atoms with Crippen molar-refractivity contribution in [2.45, 2.75) is 51.2 Å². The summed E-state index contributed by atoms with van der Waals surface area (Å²) < 4.78 is 0. The summed E-state index contributed by atoms with van der Waals surface area (Å²) in [6.07, 6.45) is 5.01. The summed E-state index contributed by atoms with van der Waals surface area (Å²) >= 11 is 0. The van der Waals surface area contributed by atoms with E-state index in [0.717, 1.165) is 12.1 Å². The molecular formula is C25H29NO. The van der Waals surface area contributed by atoms with Gasteiger partial charge in [0.05, 0.1) is 6.61 Å². The van der Waals surface area contributed by atoms with E-state index in [4.69, 9.17) is 0 Å². The zero-order chi connectivity index (χ0) is 18.6. The van der Waals surface area contributed by atoms with Gasteiger partial charge < -0.3 is 10.0 Å². The van der Waals surface area contributed by atoms with Gasteiger partial charge in [0.15, 0.2) is 0 Å². The molecule has 0 amide bonds. The largest absolute Gasteiger partial charge is 0.392 e. The lowest BCUT2D eigenvalue weighted by atomic mass is 9.80. The van der Waals surface area contributed by atoms with Crippen molar-refractivity contribution in [1.29, 1.82) is 0 Å². The Morgan fingerprint density at radius 1 is 0.926 bits per heavy atom. The summed E-state index contributed by atoms with van der Waals surface area (Å²) in [5.41, 5.74) is 3.79. The van der Waals surface area contributed by atoms with E-state index < -0.39 is 0 Å². The average Bonchev–Trinajstić information content (AvgIpc) is 2.75. The second-order valence-electron chi connectivity index (χ2n) is 7.70. The first kappa shape index (κ1) is 18.1. The fourth-order valence-corrected chi connectivity index (χ4v) is 4.73. The number of aliphatic hydroxyl groups excluding tert-OH is 1. The number of nitrogens with zero attached hydrogens (tertiary/aromatic N) is 1. The molecule has 3 aromatic carbocycles. The SMILES string of the molecule is CCN(c1cccc2ccccc12)C1CCCC(c2ccc(CO)cc2)C1. The van der Waals surface area contributed by atoms with Crippen LogP contribution in [0.2, 0.25) is 0 Å². The molecule has 1 saturated carbocycles. The van der Waals surface area contributed by atoms with Crippen molar-refractivity contribution in [2.24, 2.45) is 0 Å². The molecular weight excluding hydrogens is 330 g/mol. The van der Waals surface area contributed by atoms with Crippen LogP contribution in [0.15, 0.2) is 66.7 Å². The van der Waals surface area contributed by atoms with E-state index >= 15 is 0 Å². The van der Waals surface area contributed by atoms with Gasteiger partial charge >= 0.3 is 0 Å². The van der Waals surface area contributed by atoms with E-state index in [1.165, 1.54) is 47.7 Å². The van der Waals surface area contributed by atoms with Crippen molar-refractivity contribution in [2.75, 3.05) is 11.4 Å². The van der Waals surface area contributed by atoms with Gasteiger partial charge in [0, 0.05) is 23.7 Å². The quantitative estimate of drug-likeness (QED) is 0.614. The molecule has 2 heteroatoms. The van der Waals surface area contributed by atoms with Crippen LogP contribution in [-0.4, -0.2) is 17.7 Å². The lowest BCUT2D eigenvalue weighted by molar-refractivity contribution is 0.281. The van der Waals surface area contributed by atoms with Gasteiger partial charge in [-0.05, 0) is 54.7 Å². The number of benzene rings is 3. The third kappa shape index (κ3) is 3.72. The van der Waals surface area contributed by atoms with Gasteiger partial charge in [0.2, 0.25) is 0 Å². The monoisotopic (exact) mass is 359 g/mol. The van der Waals surface area contributed by atoms with E-state index in [1.54, 1.807) is 0 Å². The van der Waals surface area contributed by atoms with E-state index in [0.29, 0.717) is 12.0 Å². The lowest BCUT2D eigenvalue weighted by Gasteiger charge is -2.39. The van der Waals surface area contributed by atoms with E-state index in [2.05, 4.69) is 78.6 Å². The van der Waals surface area contributed by atoms with Crippen LogP contribution in [0.5, 0.6) is 0 Å². The van der Waals surface area contributed by atoms with Crippen molar-refractivity contribution in [1.82, 2.24) is 0 Å². The minimum absolute atomic E-state index is 0.123. The molecule has 2 unspecified atom stereocenters. The molecule has 0 saturated heterocycles. The molecule has 1 aliphatic rings. The number of fused-ring (bicyclic) bond motifs is 1. The fourth-order valence-electron chi connectivity index (χ4n) is 4.73. The Balaban J connectivity index is 1.60. The predicted octanol–water partition coefficient (Wildman–Crippen LogP) is 5.88. The standard InChI is InChI=1S/C25H29NO/c1-2-26(25-12-6-8-21-7-3-4-11-24(21)25)23-10-5-9-22(17-23)20-15-13-19(18-27)14-16-20/h3-4,6-8,11-16,22-23,27H,2,5,9-10,17-18H2,1H3. The maximum atomic E-state index is 9.29. The summed E-state index contributed by atoms with van der Waals surface area (Å²) in [7, 11) is 0. The van der Waals surface area contributed by atoms with Gasteiger partial charge in [-0.1, -0.05) is 67.1 Å². The third-order valence-corrected chi connectivity index (χ3v) is 6.14. The second-order valence-corrected chi connectivity index (χ2v) is 7.70. The maximum Gasteiger partial charge on any atom is 0.0681 e. The van der Waals surface area contributed by atoms with Crippen LogP contribution in [0, 0.1) is 0 Å². The summed E-state index contributed by atoms with van der Waals surface area (Å²) in [5.74, 6) is 0.612. The maximum absolute atomic E-state index is 9.29. The Hall–Kier alpha value is -2.32. The minimum atomic E-state index is 0.123. The van der Waals surface area contributed by atoms with Crippen molar-refractivity contribution < 1.29 is 5.11 Å². The van der Waals surface area contributed by atoms with Crippen molar-refractivity contribution >= 4 is 16.5 Å². The zero-order valence-electron chi connectivity index (χ0n) is 16.1. The first-order chi connectivity index (χ1) is 13.3. The summed E-state index contributed by atoms with van der Waals surface area (Å²) in [4.78, 5) is 2.62. The van der Waals surface area contributed by atoms with E-state index in [1.807, 2.05) is 0 Å². The number of aliphatic hydroxyl groups is 1. The van der Waals surface area contributed by atoms with Gasteiger partial charge in [-0.3, -0.25) is 0 Å². The molecule has 0 bridgehead atoms. The Labute approximate surface area is 162 Å². The predicted molar refractivity (Wildman–Crippen MR) is 114 cm³/mol. The Morgan fingerprint density at radius 2 is 1.70 bits per heavy atom. The molecule has 1 N–H and O–H groups in total. The van der Waals surface area contributed by atoms with Crippen molar-refractivity contribution in [3.63, 3.8) is 0 Å². The molecule has 0 spiro atoms. The van der Waals surface area contributed by atoms with Crippen LogP contribution < -0.4 is 4.90 Å². The molecule has 2 atom stereocenters. The zero-order valence-corrected chi connectivity index (χ0v) is 16.1. The Morgan fingerprint density at radius 3 is 2.48 bits per heavy atom. The first-order valence-corrected chi connectivity index (χ1v) is 10.2. The molecule has 4 rings (SSSR count). The normalized spacial score (nSPS) is 19.9. The van der Waals surface area contributed by atoms with Gasteiger partial charge in [0.25, 0.3) is 0 Å². The molecule has 2 nitrogen and oxygen atoms in total. The summed E-state index contributed by atoms with van der Waals surface area (Å²) in [6, 6.07) is 24.6. The molecule has 1 fully saturated rings. The van der Waals surface area contributed by atoms with Crippen molar-refractivity contribution in [3.05, 3.63) is 77.9 Å². The molecule has 27 heavy (non-hydrogen) atoms. The number of hydrogen-bond donors (Lipinski definition) is 1. The molecule has 0 radical (unpaired) electrons. The Bertz CT molecular complexity index is 881. The summed E-state index contributed by atoms with van der Waals surface area (Å²) in [6.45, 7) is 3.44. The van der Waals surface area contributed by atoms with Gasteiger partial charge in [-0.2, -0.15) is 0 Å². The smallest absolute Gasteiger partial charge is 0.0681 e. The van der Waals surface area contributed by atoms with Crippen LogP contribution in [0.1, 0.15) is 49.7 Å². The van der Waals surface area contributed by atoms with Gasteiger partial charge in [-0.15, -0.1) is 0 Å². The first-order valence-electron chi connectivity index (χ1n) is 10.2. The molecule has 3 aromatic rings. The lowest BCUT2D eigenvalue weighted by Crippen LogP contribution is -2.38. The minimum Gasteiger partial charge on any atom is -0.392 e. The molecule has 1 aliphatic carbocycles. The number of anilines is 1. The third-order valence-electron chi connectivity index (χ3n) is 6.14. The highest BCUT2D eigenvalue weighted by Crippen LogP contribution is 2.38. The molecule has 0 heterocycles. The highest BCUT2D eigenvalue weighted by atomic mass is 16.3. The van der Waals surface area contributed by atoms with Crippen LogP contribution in [-0.2, 0) is 6.61 Å². The molecule has 140 valence electrons. The molecule has 0 aliphatic heterocycles. The van der Waals surface area contributed by atoms with Gasteiger partial charge in [-0.25, -0.2) is 0 Å². The number of hydrogen-bond acceptors (Lipinski definition) is 2. The highest BCUT2D eigenvalue weighted by Gasteiger charge is 2.27. The van der Waals surface area contributed by atoms with Gasteiger partial charge in [0.1, 0.15) is 0 Å². The fraction of sp³-hybridized carbons (Fsp3) is 0.360. The number of rotatable bonds is 5. The van der Waals surface area contributed by atoms with Crippen LogP contribution >= 0.6 is 0 Å². The van der Waals surface area contributed by atoms with E-state index in [-0.39, 0.29) is 6.61 Å². The average molecular weight is 360 g/mol. The van der Waals surface area contributed by atoms with Crippen LogP contribution in [0.25, 0.3) is 10.8 Å². The molecule has 0 aromatic heterocycles. The second kappa shape index (κ2) is 8.14.